The maximum atomic E-state index is 10.6. The van der Waals surface area contributed by atoms with E-state index in [4.69, 9.17) is 0 Å². The van der Waals surface area contributed by atoms with Crippen molar-refractivity contribution in [2.24, 2.45) is 0 Å². The number of rotatable bonds is 2. The predicted molar refractivity (Wildman–Crippen MR) is 43.6 cm³/mol. The summed E-state index contributed by atoms with van der Waals surface area (Å²) in [6, 6.07) is 8.28. The zero-order valence-electron chi connectivity index (χ0n) is 7.60. The molecule has 0 spiro atoms. The molecule has 0 bridgehead atoms. The van der Waals surface area contributed by atoms with Crippen molar-refractivity contribution in [2.75, 3.05) is 0 Å². The van der Waals surface area contributed by atoms with Crippen LogP contribution in [0, 0.1) is 0 Å². The molecule has 1 aromatic carbocycles. The van der Waals surface area contributed by atoms with Crippen molar-refractivity contribution >= 4 is 8.03 Å². The Morgan fingerprint density at radius 3 is 2.23 bits per heavy atom. The van der Waals surface area contributed by atoms with E-state index < -0.39 is 13.4 Å². The van der Waals surface area contributed by atoms with Crippen molar-refractivity contribution < 1.29 is 65.9 Å². The molecule has 2 atom stereocenters. The van der Waals surface area contributed by atoms with E-state index >= 15 is 0 Å². The average molecular weight is 223 g/mol. The Balaban J connectivity index is 0.00000144. The minimum absolute atomic E-state index is 0. The van der Waals surface area contributed by atoms with Crippen LogP contribution in [-0.2, 0) is 9.91 Å². The molecule has 0 aliphatic carbocycles. The summed E-state index contributed by atoms with van der Waals surface area (Å²) in [6.45, 7) is 1.26. The van der Waals surface area contributed by atoms with Gasteiger partial charge in [0.05, 0.1) is 0 Å². The number of hydrogen-bond donors (Lipinski definition) is 1. The smallest absolute Gasteiger partial charge is 0.593 e. The summed E-state index contributed by atoms with van der Waals surface area (Å²) in [5, 5.41) is 7.71. The third kappa shape index (κ3) is 3.50. The maximum Gasteiger partial charge on any atom is 1.00 e. The summed E-state index contributed by atoms with van der Waals surface area (Å²) in [5.41, 5.74) is 0.390. The van der Waals surface area contributed by atoms with Gasteiger partial charge in [0.25, 0.3) is 5.34 Å². The molecule has 1 N–H and O–H groups in total. The van der Waals surface area contributed by atoms with Gasteiger partial charge in [0.2, 0.25) is 0 Å². The Labute approximate surface area is 120 Å². The van der Waals surface area contributed by atoms with Gasteiger partial charge in [0, 0.05) is 12.5 Å². The summed E-state index contributed by atoms with van der Waals surface area (Å²) in [5.74, 6) is 0. The van der Waals surface area contributed by atoms with Crippen LogP contribution in [0.5, 0.6) is 0 Å². The number of benzene rings is 1. The van der Waals surface area contributed by atoms with Gasteiger partial charge < -0.3 is 10.00 Å². The Morgan fingerprint density at radius 2 is 1.85 bits per heavy atom. The second kappa shape index (κ2) is 5.68. The van der Waals surface area contributed by atoms with E-state index in [1.807, 2.05) is 0 Å². The van der Waals surface area contributed by atoms with E-state index in [0.29, 0.717) is 5.56 Å². The van der Waals surface area contributed by atoms with E-state index in [-0.39, 0.29) is 51.4 Å². The largest absolute Gasteiger partial charge is 1.00 e. The van der Waals surface area contributed by atoms with Crippen LogP contribution in [0.15, 0.2) is 30.3 Å². The summed E-state index contributed by atoms with van der Waals surface area (Å²) < 4.78 is 10.6. The Kier molecular flexibility index (Phi) is 6.07. The van der Waals surface area contributed by atoms with Crippen LogP contribution in [0.4, 0.5) is 0 Å². The average Bonchev–Trinajstić information content (AvgIpc) is 2.06. The van der Waals surface area contributed by atoms with Crippen LogP contribution in [0.3, 0.4) is 0 Å². The first-order chi connectivity index (χ1) is 5.55. The second-order valence-corrected chi connectivity index (χ2v) is 4.03. The predicted octanol–water partition coefficient (Wildman–Crippen LogP) is -2.04. The molecule has 0 fully saturated rings. The molecule has 5 heteroatoms. The van der Waals surface area contributed by atoms with Gasteiger partial charge in [0.15, 0.2) is 0 Å². The molecule has 0 radical (unpaired) electrons. The summed E-state index contributed by atoms with van der Waals surface area (Å²) in [6.07, 6.45) is 0. The van der Waals surface area contributed by atoms with Crippen LogP contribution in [0.2, 0.25) is 0 Å². The molecule has 0 aromatic heterocycles. The fourth-order valence-electron chi connectivity index (χ4n) is 0.859. The van der Waals surface area contributed by atoms with Crippen LogP contribution in [0.1, 0.15) is 12.5 Å². The van der Waals surface area contributed by atoms with Gasteiger partial charge in [-0.1, -0.05) is 34.9 Å². The van der Waals surface area contributed by atoms with Gasteiger partial charge in [-0.05, 0) is 0 Å². The monoisotopic (exact) mass is 223 g/mol. The van der Waals surface area contributed by atoms with Gasteiger partial charge in [-0.25, -0.2) is 0 Å². The second-order valence-electron chi connectivity index (χ2n) is 2.64. The summed E-state index contributed by atoms with van der Waals surface area (Å²) in [4.78, 5) is 10.6. The molecule has 0 saturated carbocycles. The molecule has 0 heterocycles. The first kappa shape index (κ1) is 13.9. The first-order valence-corrected chi connectivity index (χ1v) is 4.65. The molecular weight excluding hydrogens is 214 g/mol. The minimum atomic E-state index is -2.86. The topological polar surface area (TPSA) is 60.4 Å². The van der Waals surface area contributed by atoms with Crippen LogP contribution >= 0.6 is 8.03 Å². The van der Waals surface area contributed by atoms with Crippen molar-refractivity contribution in [3.8, 4) is 0 Å². The SMILES string of the molecule is CC(O)(c1ccccc1)[P+](=O)[O-].[K+]. The van der Waals surface area contributed by atoms with Crippen molar-refractivity contribution in [2.45, 2.75) is 12.3 Å². The van der Waals surface area contributed by atoms with E-state index in [1.165, 1.54) is 6.92 Å². The zero-order chi connectivity index (χ0) is 9.19. The molecule has 2 unspecified atom stereocenters. The molecule has 3 nitrogen and oxygen atoms in total. The normalized spacial score (nSPS) is 15.5. The Morgan fingerprint density at radius 1 is 1.38 bits per heavy atom. The van der Waals surface area contributed by atoms with Crippen molar-refractivity contribution in [1.82, 2.24) is 0 Å². The van der Waals surface area contributed by atoms with E-state index in [1.54, 1.807) is 30.3 Å². The van der Waals surface area contributed by atoms with Crippen LogP contribution in [-0.4, -0.2) is 5.11 Å². The first-order valence-electron chi connectivity index (χ1n) is 3.47. The van der Waals surface area contributed by atoms with Crippen molar-refractivity contribution in [3.63, 3.8) is 0 Å². The van der Waals surface area contributed by atoms with E-state index in [2.05, 4.69) is 0 Å². The van der Waals surface area contributed by atoms with Gasteiger partial charge in [-0.3, -0.25) is 0 Å². The summed E-state index contributed by atoms with van der Waals surface area (Å²) >= 11 is 0. The molecule has 13 heavy (non-hydrogen) atoms. The van der Waals surface area contributed by atoms with Crippen molar-refractivity contribution in [3.05, 3.63) is 35.9 Å². The molecule has 1 rings (SSSR count). The van der Waals surface area contributed by atoms with Crippen molar-refractivity contribution in [1.29, 1.82) is 0 Å². The zero-order valence-corrected chi connectivity index (χ0v) is 11.6. The van der Waals surface area contributed by atoms with Crippen LogP contribution < -0.4 is 56.3 Å². The Bertz CT molecular complexity index is 287. The molecule has 0 aliphatic rings. The van der Waals surface area contributed by atoms with E-state index in [9.17, 15) is 14.6 Å². The molecule has 0 aliphatic heterocycles. The fourth-order valence-corrected chi connectivity index (χ4v) is 1.22. The van der Waals surface area contributed by atoms with E-state index in [0.717, 1.165) is 0 Å². The standard InChI is InChI=1S/C8H9O3P.K/c1-8(9,12(10)11)7-5-3-2-4-6-7;/h2-6,9H,1H3;/q;+1. The molecule has 0 amide bonds. The molecule has 0 saturated heterocycles. The van der Waals surface area contributed by atoms with Gasteiger partial charge >= 0.3 is 59.4 Å². The molecular formula is C8H9KO3P+. The third-order valence-electron chi connectivity index (χ3n) is 1.68. The maximum absolute atomic E-state index is 10.6. The third-order valence-corrected chi connectivity index (χ3v) is 2.65. The quantitative estimate of drug-likeness (QED) is 0.464. The molecule has 1 aromatic rings. The van der Waals surface area contributed by atoms with Gasteiger partial charge in [-0.2, -0.15) is 0 Å². The van der Waals surface area contributed by atoms with Crippen LogP contribution in [0.25, 0.3) is 0 Å². The molecule has 64 valence electrons. The summed E-state index contributed by atoms with van der Waals surface area (Å²) in [7, 11) is -2.86. The van der Waals surface area contributed by atoms with Gasteiger partial charge in [-0.15, -0.1) is 0 Å². The number of hydrogen-bond acceptors (Lipinski definition) is 3. The Hall–Kier alpha value is 0.876. The fraction of sp³-hybridized carbons (Fsp3) is 0.250. The minimum Gasteiger partial charge on any atom is -0.593 e. The van der Waals surface area contributed by atoms with Gasteiger partial charge in [0.1, 0.15) is 0 Å². The number of aliphatic hydroxyl groups is 1.